The van der Waals surface area contributed by atoms with Crippen molar-refractivity contribution < 1.29 is 14.4 Å². The second-order valence-electron chi connectivity index (χ2n) is 7.45. The molecule has 1 saturated heterocycles. The van der Waals surface area contributed by atoms with Crippen LogP contribution in [0.3, 0.4) is 0 Å². The second-order valence-corrected chi connectivity index (χ2v) is 9.36. The molecule has 1 aliphatic rings. The number of hydrogen-bond acceptors (Lipinski definition) is 2. The van der Waals surface area contributed by atoms with Gasteiger partial charge in [-0.25, -0.2) is 0 Å². The third-order valence-electron chi connectivity index (χ3n) is 5.22. The standard InChI is InChI=1S/C20H34NO3P/c1-2-3-4-5-6-7-8-9-18-10-12-19(13-11-18)16-21-15-14-20(17-21)25(22,23)24/h10-13,20H,2-9,14-17H2,1H3,(H2,22,23,24)/t20-/m1/s1. The molecular formula is C20H34NO3P. The van der Waals surface area contributed by atoms with Gasteiger partial charge in [0.05, 0.1) is 5.66 Å². The van der Waals surface area contributed by atoms with Crippen molar-refractivity contribution in [1.29, 1.82) is 0 Å². The molecule has 2 rings (SSSR count). The van der Waals surface area contributed by atoms with Crippen LogP contribution in [0.2, 0.25) is 0 Å². The first kappa shape index (κ1) is 20.6. The molecule has 0 unspecified atom stereocenters. The lowest BCUT2D eigenvalue weighted by Crippen LogP contribution is -2.21. The summed E-state index contributed by atoms with van der Waals surface area (Å²) in [7, 11) is -3.93. The van der Waals surface area contributed by atoms with Crippen LogP contribution in [0.4, 0.5) is 0 Å². The van der Waals surface area contributed by atoms with Crippen molar-refractivity contribution in [3.8, 4) is 0 Å². The summed E-state index contributed by atoms with van der Waals surface area (Å²) in [5.74, 6) is 0. The van der Waals surface area contributed by atoms with E-state index in [-0.39, 0.29) is 0 Å². The average Bonchev–Trinajstić information content (AvgIpc) is 3.04. The molecule has 0 radical (unpaired) electrons. The zero-order valence-electron chi connectivity index (χ0n) is 15.6. The van der Waals surface area contributed by atoms with Gasteiger partial charge in [-0.05, 0) is 36.9 Å². The molecule has 0 amide bonds. The molecule has 0 aliphatic carbocycles. The van der Waals surface area contributed by atoms with E-state index < -0.39 is 13.3 Å². The van der Waals surface area contributed by atoms with Gasteiger partial charge in [0.15, 0.2) is 0 Å². The molecule has 1 fully saturated rings. The van der Waals surface area contributed by atoms with Crippen LogP contribution in [0.5, 0.6) is 0 Å². The first-order valence-corrected chi connectivity index (χ1v) is 11.5. The first-order chi connectivity index (χ1) is 12.0. The molecule has 1 aromatic rings. The summed E-state index contributed by atoms with van der Waals surface area (Å²) in [5.41, 5.74) is 2.14. The Hall–Kier alpha value is -0.670. The highest BCUT2D eigenvalue weighted by molar-refractivity contribution is 7.52. The van der Waals surface area contributed by atoms with Gasteiger partial charge in [-0.15, -0.1) is 0 Å². The van der Waals surface area contributed by atoms with Gasteiger partial charge in [0, 0.05) is 13.1 Å². The van der Waals surface area contributed by atoms with Crippen LogP contribution in [-0.4, -0.2) is 33.4 Å². The lowest BCUT2D eigenvalue weighted by atomic mass is 10.0. The molecule has 0 bridgehead atoms. The predicted octanol–water partition coefficient (Wildman–Crippen LogP) is 4.73. The largest absolute Gasteiger partial charge is 0.329 e. The molecule has 0 spiro atoms. The predicted molar refractivity (Wildman–Crippen MR) is 104 cm³/mol. The Morgan fingerprint density at radius 1 is 1.00 bits per heavy atom. The van der Waals surface area contributed by atoms with Gasteiger partial charge in [0.1, 0.15) is 0 Å². The van der Waals surface area contributed by atoms with E-state index in [2.05, 4.69) is 36.1 Å². The Morgan fingerprint density at radius 3 is 2.20 bits per heavy atom. The zero-order valence-corrected chi connectivity index (χ0v) is 16.5. The van der Waals surface area contributed by atoms with Crippen LogP contribution in [0.25, 0.3) is 0 Å². The van der Waals surface area contributed by atoms with E-state index in [1.54, 1.807) is 0 Å². The average molecular weight is 367 g/mol. The quantitative estimate of drug-likeness (QED) is 0.438. The third-order valence-corrected chi connectivity index (χ3v) is 6.59. The van der Waals surface area contributed by atoms with Crippen molar-refractivity contribution >= 4 is 7.60 Å². The topological polar surface area (TPSA) is 60.8 Å². The minimum atomic E-state index is -3.93. The normalized spacial score (nSPS) is 18.8. The summed E-state index contributed by atoms with van der Waals surface area (Å²) < 4.78 is 11.3. The molecule has 4 nitrogen and oxygen atoms in total. The molecule has 25 heavy (non-hydrogen) atoms. The van der Waals surface area contributed by atoms with Crippen LogP contribution < -0.4 is 0 Å². The fourth-order valence-corrected chi connectivity index (χ4v) is 4.48. The number of rotatable bonds is 11. The summed E-state index contributed by atoms with van der Waals surface area (Å²) in [6.45, 7) is 4.32. The number of benzene rings is 1. The van der Waals surface area contributed by atoms with Gasteiger partial charge in [-0.1, -0.05) is 69.7 Å². The molecule has 0 aromatic heterocycles. The Kier molecular flexibility index (Phi) is 8.65. The van der Waals surface area contributed by atoms with Gasteiger partial charge in [0.25, 0.3) is 0 Å². The van der Waals surface area contributed by atoms with Crippen molar-refractivity contribution in [3.63, 3.8) is 0 Å². The molecule has 2 N–H and O–H groups in total. The Labute approximate surface area is 152 Å². The maximum Gasteiger partial charge on any atom is 0.329 e. The molecule has 1 aliphatic heterocycles. The van der Waals surface area contributed by atoms with Gasteiger partial charge in [-0.2, -0.15) is 0 Å². The minimum Gasteiger partial charge on any atom is -0.324 e. The fourth-order valence-electron chi connectivity index (χ4n) is 3.59. The van der Waals surface area contributed by atoms with Crippen LogP contribution in [0.1, 0.15) is 69.4 Å². The second kappa shape index (κ2) is 10.5. The van der Waals surface area contributed by atoms with E-state index in [4.69, 9.17) is 0 Å². The summed E-state index contributed by atoms with van der Waals surface area (Å²) >= 11 is 0. The minimum absolute atomic E-state index is 0.482. The van der Waals surface area contributed by atoms with Gasteiger partial charge in [0.2, 0.25) is 0 Å². The van der Waals surface area contributed by atoms with Crippen LogP contribution in [0.15, 0.2) is 24.3 Å². The van der Waals surface area contributed by atoms with E-state index in [0.29, 0.717) is 13.0 Å². The Bertz CT molecular complexity index is 540. The molecule has 1 atom stereocenters. The maximum absolute atomic E-state index is 11.3. The monoisotopic (exact) mass is 367 g/mol. The van der Waals surface area contributed by atoms with Gasteiger partial charge >= 0.3 is 7.60 Å². The summed E-state index contributed by atoms with van der Waals surface area (Å²) in [5, 5.41) is 0. The SMILES string of the molecule is CCCCCCCCCc1ccc(CN2CC[C@@H](P(=O)(O)O)C2)cc1. The summed E-state index contributed by atoms with van der Waals surface area (Å²) in [6, 6.07) is 8.76. The lowest BCUT2D eigenvalue weighted by Gasteiger charge is -2.17. The van der Waals surface area contributed by atoms with Crippen LogP contribution in [0, 0.1) is 0 Å². The summed E-state index contributed by atoms with van der Waals surface area (Å²) in [6.07, 6.45) is 11.1. The van der Waals surface area contributed by atoms with Crippen molar-refractivity contribution in [2.24, 2.45) is 0 Å². The van der Waals surface area contributed by atoms with Crippen molar-refractivity contribution in [2.75, 3.05) is 13.1 Å². The van der Waals surface area contributed by atoms with Crippen molar-refractivity contribution in [3.05, 3.63) is 35.4 Å². The Morgan fingerprint density at radius 2 is 1.60 bits per heavy atom. The molecule has 1 aromatic carbocycles. The zero-order chi connectivity index (χ0) is 18.1. The van der Waals surface area contributed by atoms with E-state index in [1.807, 2.05) is 0 Å². The van der Waals surface area contributed by atoms with E-state index in [0.717, 1.165) is 19.5 Å². The highest BCUT2D eigenvalue weighted by Gasteiger charge is 2.35. The molecule has 1 heterocycles. The molecule has 0 saturated carbocycles. The molecule has 5 heteroatoms. The van der Waals surface area contributed by atoms with E-state index >= 15 is 0 Å². The number of likely N-dealkylation sites (tertiary alicyclic amines) is 1. The van der Waals surface area contributed by atoms with Gasteiger partial charge < -0.3 is 9.79 Å². The first-order valence-electron chi connectivity index (χ1n) is 9.84. The number of unbranched alkanes of at least 4 members (excludes halogenated alkanes) is 6. The van der Waals surface area contributed by atoms with Crippen LogP contribution in [-0.2, 0) is 17.5 Å². The lowest BCUT2D eigenvalue weighted by molar-refractivity contribution is 0.319. The molecule has 142 valence electrons. The van der Waals surface area contributed by atoms with Crippen molar-refractivity contribution in [1.82, 2.24) is 4.90 Å². The van der Waals surface area contributed by atoms with Gasteiger partial charge in [-0.3, -0.25) is 9.46 Å². The van der Waals surface area contributed by atoms with E-state index in [9.17, 15) is 14.4 Å². The maximum atomic E-state index is 11.3. The number of nitrogens with zero attached hydrogens (tertiary/aromatic N) is 1. The van der Waals surface area contributed by atoms with Crippen LogP contribution >= 0.6 is 7.60 Å². The van der Waals surface area contributed by atoms with Crippen molar-refractivity contribution in [2.45, 2.75) is 76.9 Å². The fraction of sp³-hybridized carbons (Fsp3) is 0.700. The number of hydrogen-bond donors (Lipinski definition) is 2. The molecular weight excluding hydrogens is 333 g/mol. The highest BCUT2D eigenvalue weighted by Crippen LogP contribution is 2.45. The smallest absolute Gasteiger partial charge is 0.324 e. The van der Waals surface area contributed by atoms with E-state index in [1.165, 1.54) is 56.1 Å². The highest BCUT2D eigenvalue weighted by atomic mass is 31.2. The third kappa shape index (κ3) is 7.62. The Balaban J connectivity index is 1.66. The number of aryl methyl sites for hydroxylation is 1. The summed E-state index contributed by atoms with van der Waals surface area (Å²) in [4.78, 5) is 20.7.